The van der Waals surface area contributed by atoms with Crippen LogP contribution in [0.1, 0.15) is 35.4 Å². The van der Waals surface area contributed by atoms with Crippen molar-refractivity contribution in [2.24, 2.45) is 0 Å². The first-order valence-electron chi connectivity index (χ1n) is 7.43. The van der Waals surface area contributed by atoms with Crippen molar-refractivity contribution < 1.29 is 9.90 Å². The molecular weight excluding hydrogens is 282 g/mol. The molecule has 1 N–H and O–H groups in total. The van der Waals surface area contributed by atoms with E-state index < -0.39 is 5.97 Å². The zero-order chi connectivity index (χ0) is 14.7. The van der Waals surface area contributed by atoms with Crippen LogP contribution in [0.15, 0.2) is 36.4 Å². The SMILES string of the molecule is O=C(O)c1cc(-c2ccccc2)c(N2CCCCCC2)s1. The van der Waals surface area contributed by atoms with Crippen molar-refractivity contribution >= 4 is 22.3 Å². The van der Waals surface area contributed by atoms with Crippen molar-refractivity contribution in [2.45, 2.75) is 25.7 Å². The van der Waals surface area contributed by atoms with Crippen LogP contribution in [0, 0.1) is 0 Å². The Morgan fingerprint density at radius 1 is 1.05 bits per heavy atom. The van der Waals surface area contributed by atoms with E-state index in [1.807, 2.05) is 24.3 Å². The van der Waals surface area contributed by atoms with Gasteiger partial charge in [-0.3, -0.25) is 0 Å². The quantitative estimate of drug-likeness (QED) is 0.907. The van der Waals surface area contributed by atoms with Crippen molar-refractivity contribution in [3.05, 3.63) is 41.3 Å². The van der Waals surface area contributed by atoms with Gasteiger partial charge >= 0.3 is 5.97 Å². The second-order valence-corrected chi connectivity index (χ2v) is 6.43. The highest BCUT2D eigenvalue weighted by molar-refractivity contribution is 7.18. The molecule has 110 valence electrons. The molecule has 3 rings (SSSR count). The molecule has 1 aliphatic heterocycles. The topological polar surface area (TPSA) is 40.5 Å². The molecule has 1 aliphatic rings. The van der Waals surface area contributed by atoms with E-state index in [0.29, 0.717) is 4.88 Å². The van der Waals surface area contributed by atoms with Gasteiger partial charge in [-0.05, 0) is 24.5 Å². The lowest BCUT2D eigenvalue weighted by molar-refractivity contribution is 0.0702. The van der Waals surface area contributed by atoms with Crippen LogP contribution in [-0.2, 0) is 0 Å². The summed E-state index contributed by atoms with van der Waals surface area (Å²) in [5, 5.41) is 10.4. The number of aromatic carboxylic acids is 1. The molecule has 3 nitrogen and oxygen atoms in total. The first-order chi connectivity index (χ1) is 10.3. The second-order valence-electron chi connectivity index (χ2n) is 5.40. The van der Waals surface area contributed by atoms with Gasteiger partial charge in [-0.1, -0.05) is 43.2 Å². The van der Waals surface area contributed by atoms with Crippen LogP contribution in [0.4, 0.5) is 5.00 Å². The summed E-state index contributed by atoms with van der Waals surface area (Å²) >= 11 is 1.40. The van der Waals surface area contributed by atoms with Gasteiger partial charge in [0.25, 0.3) is 0 Å². The minimum atomic E-state index is -0.835. The molecule has 0 bridgehead atoms. The van der Waals surface area contributed by atoms with E-state index in [2.05, 4.69) is 17.0 Å². The summed E-state index contributed by atoms with van der Waals surface area (Å²) in [5.74, 6) is -0.835. The Labute approximate surface area is 128 Å². The van der Waals surface area contributed by atoms with E-state index in [4.69, 9.17) is 0 Å². The average molecular weight is 301 g/mol. The van der Waals surface area contributed by atoms with Crippen molar-refractivity contribution in [2.75, 3.05) is 18.0 Å². The number of benzene rings is 1. The molecule has 1 fully saturated rings. The highest BCUT2D eigenvalue weighted by Gasteiger charge is 2.20. The van der Waals surface area contributed by atoms with E-state index in [1.165, 1.54) is 37.0 Å². The smallest absolute Gasteiger partial charge is 0.345 e. The molecule has 2 aromatic rings. The van der Waals surface area contributed by atoms with Crippen LogP contribution >= 0.6 is 11.3 Å². The molecular formula is C17H19NO2S. The summed E-state index contributed by atoms with van der Waals surface area (Å²) in [6.07, 6.45) is 4.92. The highest BCUT2D eigenvalue weighted by atomic mass is 32.1. The summed E-state index contributed by atoms with van der Waals surface area (Å²) in [6.45, 7) is 2.05. The van der Waals surface area contributed by atoms with Crippen LogP contribution in [-0.4, -0.2) is 24.2 Å². The predicted octanol–water partition coefficient (Wildman–Crippen LogP) is 4.49. The number of rotatable bonds is 3. The van der Waals surface area contributed by atoms with Gasteiger partial charge in [0.15, 0.2) is 0 Å². The number of thiophene rings is 1. The maximum absolute atomic E-state index is 11.3. The number of hydrogen-bond donors (Lipinski definition) is 1. The lowest BCUT2D eigenvalue weighted by Gasteiger charge is -2.22. The van der Waals surface area contributed by atoms with Gasteiger partial charge in [-0.2, -0.15) is 0 Å². The lowest BCUT2D eigenvalue weighted by Crippen LogP contribution is -2.23. The fraction of sp³-hybridized carbons (Fsp3) is 0.353. The van der Waals surface area contributed by atoms with Crippen LogP contribution in [0.25, 0.3) is 11.1 Å². The molecule has 0 radical (unpaired) electrons. The van der Waals surface area contributed by atoms with Crippen LogP contribution in [0.3, 0.4) is 0 Å². The molecule has 1 saturated heterocycles. The van der Waals surface area contributed by atoms with Crippen LogP contribution in [0.2, 0.25) is 0 Å². The number of carbonyl (C=O) groups is 1. The molecule has 0 amide bonds. The van der Waals surface area contributed by atoms with Gasteiger partial charge in [0.1, 0.15) is 4.88 Å². The van der Waals surface area contributed by atoms with Gasteiger partial charge < -0.3 is 10.0 Å². The first kappa shape index (κ1) is 14.1. The fourth-order valence-corrected chi connectivity index (χ4v) is 3.89. The second kappa shape index (κ2) is 6.31. The predicted molar refractivity (Wildman–Crippen MR) is 87.4 cm³/mol. The largest absolute Gasteiger partial charge is 0.477 e. The average Bonchev–Trinajstić information content (AvgIpc) is 2.78. The Balaban J connectivity index is 2.03. The van der Waals surface area contributed by atoms with E-state index in [0.717, 1.165) is 29.2 Å². The normalized spacial score (nSPS) is 15.7. The molecule has 0 aliphatic carbocycles. The first-order valence-corrected chi connectivity index (χ1v) is 8.25. The molecule has 0 saturated carbocycles. The molecule has 1 aromatic heterocycles. The summed E-state index contributed by atoms with van der Waals surface area (Å²) in [5.41, 5.74) is 2.15. The van der Waals surface area contributed by atoms with Crippen LogP contribution < -0.4 is 4.90 Å². The van der Waals surface area contributed by atoms with Crippen molar-refractivity contribution in [1.82, 2.24) is 0 Å². The van der Waals surface area contributed by atoms with Gasteiger partial charge in [0.2, 0.25) is 0 Å². The van der Waals surface area contributed by atoms with Gasteiger partial charge in [-0.25, -0.2) is 4.79 Å². The summed E-state index contributed by atoms with van der Waals surface area (Å²) in [6, 6.07) is 11.9. The number of hydrogen-bond acceptors (Lipinski definition) is 3. The minimum absolute atomic E-state index is 0.424. The molecule has 1 aromatic carbocycles. The molecule has 2 heterocycles. The fourth-order valence-electron chi connectivity index (χ4n) is 2.82. The number of carboxylic acid groups (broad SMARTS) is 1. The number of carboxylic acids is 1. The monoisotopic (exact) mass is 301 g/mol. The third-order valence-corrected chi connectivity index (χ3v) is 5.09. The summed E-state index contributed by atoms with van der Waals surface area (Å²) < 4.78 is 0. The Morgan fingerprint density at radius 3 is 2.33 bits per heavy atom. The van der Waals surface area contributed by atoms with Gasteiger partial charge in [0, 0.05) is 18.7 Å². The minimum Gasteiger partial charge on any atom is -0.477 e. The zero-order valence-electron chi connectivity index (χ0n) is 11.9. The van der Waals surface area contributed by atoms with Crippen molar-refractivity contribution in [3.8, 4) is 11.1 Å². The third kappa shape index (κ3) is 3.10. The maximum Gasteiger partial charge on any atom is 0.345 e. The zero-order valence-corrected chi connectivity index (χ0v) is 12.7. The molecule has 0 spiro atoms. The maximum atomic E-state index is 11.3. The Hall–Kier alpha value is -1.81. The van der Waals surface area contributed by atoms with Crippen molar-refractivity contribution in [1.29, 1.82) is 0 Å². The van der Waals surface area contributed by atoms with Gasteiger partial charge in [0.05, 0.1) is 5.00 Å². The lowest BCUT2D eigenvalue weighted by atomic mass is 10.1. The highest BCUT2D eigenvalue weighted by Crippen LogP contribution is 2.39. The van der Waals surface area contributed by atoms with Crippen LogP contribution in [0.5, 0.6) is 0 Å². The van der Waals surface area contributed by atoms with E-state index in [1.54, 1.807) is 0 Å². The third-order valence-electron chi connectivity index (χ3n) is 3.90. The Morgan fingerprint density at radius 2 is 1.71 bits per heavy atom. The summed E-state index contributed by atoms with van der Waals surface area (Å²) in [7, 11) is 0. The number of nitrogens with zero attached hydrogens (tertiary/aromatic N) is 1. The molecule has 4 heteroatoms. The molecule has 0 atom stereocenters. The van der Waals surface area contributed by atoms with Gasteiger partial charge in [-0.15, -0.1) is 11.3 Å². The Bertz CT molecular complexity index is 613. The molecule has 0 unspecified atom stereocenters. The van der Waals surface area contributed by atoms with E-state index >= 15 is 0 Å². The van der Waals surface area contributed by atoms with E-state index in [9.17, 15) is 9.90 Å². The molecule has 21 heavy (non-hydrogen) atoms. The standard InChI is InChI=1S/C17H19NO2S/c19-17(20)15-12-14(13-8-4-3-5-9-13)16(21-15)18-10-6-1-2-7-11-18/h3-5,8-9,12H,1-2,6-7,10-11H2,(H,19,20). The number of anilines is 1. The Kier molecular flexibility index (Phi) is 4.25. The van der Waals surface area contributed by atoms with Crippen molar-refractivity contribution in [3.63, 3.8) is 0 Å². The summed E-state index contributed by atoms with van der Waals surface area (Å²) in [4.78, 5) is 14.1. The van der Waals surface area contributed by atoms with E-state index in [-0.39, 0.29) is 0 Å².